The standard InChI is InChI=1S/C12H18O2/c1-5-10-6-12(3,4)7-11(10)8-14-9(2)13/h5,7,10H,1,6,8H2,2-4H3. The highest BCUT2D eigenvalue weighted by molar-refractivity contribution is 5.66. The van der Waals surface area contributed by atoms with Crippen LogP contribution in [0.3, 0.4) is 0 Å². The summed E-state index contributed by atoms with van der Waals surface area (Å²) in [6.07, 6.45) is 5.19. The lowest BCUT2D eigenvalue weighted by atomic mass is 9.90. The molecule has 1 rings (SSSR count). The Morgan fingerprint density at radius 3 is 2.93 bits per heavy atom. The van der Waals surface area contributed by atoms with E-state index in [4.69, 9.17) is 4.74 Å². The summed E-state index contributed by atoms with van der Waals surface area (Å²) in [6.45, 7) is 10.0. The molecule has 0 fully saturated rings. The molecular weight excluding hydrogens is 176 g/mol. The van der Waals surface area contributed by atoms with Crippen LogP contribution in [0, 0.1) is 11.3 Å². The number of carbonyl (C=O) groups is 1. The first kappa shape index (κ1) is 11.0. The summed E-state index contributed by atoms with van der Waals surface area (Å²) in [5, 5.41) is 0. The third kappa shape index (κ3) is 2.72. The minimum Gasteiger partial charge on any atom is -0.461 e. The van der Waals surface area contributed by atoms with Crippen molar-refractivity contribution >= 4 is 5.97 Å². The Kier molecular flexibility index (Phi) is 3.14. The van der Waals surface area contributed by atoms with Crippen molar-refractivity contribution in [2.75, 3.05) is 6.61 Å². The highest BCUT2D eigenvalue weighted by Crippen LogP contribution is 2.39. The number of allylic oxidation sites excluding steroid dienone is 2. The molecule has 1 aliphatic carbocycles. The summed E-state index contributed by atoms with van der Waals surface area (Å²) in [4.78, 5) is 10.7. The molecule has 0 aliphatic heterocycles. The van der Waals surface area contributed by atoms with Crippen LogP contribution in [0.5, 0.6) is 0 Å². The summed E-state index contributed by atoms with van der Waals surface area (Å²) in [6, 6.07) is 0. The number of rotatable bonds is 3. The first-order valence-corrected chi connectivity index (χ1v) is 4.92. The second-order valence-electron chi connectivity index (χ2n) is 4.53. The first-order chi connectivity index (χ1) is 6.44. The molecule has 0 aromatic rings. The average Bonchev–Trinajstić information content (AvgIpc) is 2.37. The molecule has 0 bridgehead atoms. The van der Waals surface area contributed by atoms with Gasteiger partial charge in [0.05, 0.1) is 0 Å². The van der Waals surface area contributed by atoms with E-state index in [-0.39, 0.29) is 11.4 Å². The van der Waals surface area contributed by atoms with Crippen molar-refractivity contribution in [2.24, 2.45) is 11.3 Å². The minimum atomic E-state index is -0.224. The maximum atomic E-state index is 10.7. The molecule has 78 valence electrons. The predicted molar refractivity (Wildman–Crippen MR) is 56.8 cm³/mol. The molecule has 0 aromatic heterocycles. The van der Waals surface area contributed by atoms with Crippen LogP contribution in [0.1, 0.15) is 27.2 Å². The van der Waals surface area contributed by atoms with Gasteiger partial charge in [0.15, 0.2) is 0 Å². The molecule has 0 saturated heterocycles. The molecule has 0 radical (unpaired) electrons. The molecule has 1 aliphatic rings. The van der Waals surface area contributed by atoms with Gasteiger partial charge in [0.25, 0.3) is 0 Å². The van der Waals surface area contributed by atoms with Crippen molar-refractivity contribution < 1.29 is 9.53 Å². The maximum Gasteiger partial charge on any atom is 0.302 e. The van der Waals surface area contributed by atoms with Crippen LogP contribution in [0.25, 0.3) is 0 Å². The SMILES string of the molecule is C=CC1CC(C)(C)C=C1COC(C)=O. The lowest BCUT2D eigenvalue weighted by Gasteiger charge is -2.15. The second-order valence-corrected chi connectivity index (χ2v) is 4.53. The zero-order valence-electron chi connectivity index (χ0n) is 9.17. The Hall–Kier alpha value is -1.05. The third-order valence-corrected chi connectivity index (χ3v) is 2.53. The third-order valence-electron chi connectivity index (χ3n) is 2.53. The fourth-order valence-electron chi connectivity index (χ4n) is 1.93. The summed E-state index contributed by atoms with van der Waals surface area (Å²) in [7, 11) is 0. The van der Waals surface area contributed by atoms with E-state index in [9.17, 15) is 4.79 Å². The molecule has 1 unspecified atom stereocenters. The molecule has 14 heavy (non-hydrogen) atoms. The van der Waals surface area contributed by atoms with Gasteiger partial charge >= 0.3 is 5.97 Å². The molecule has 2 heteroatoms. The van der Waals surface area contributed by atoms with Gasteiger partial charge in [-0.25, -0.2) is 0 Å². The van der Waals surface area contributed by atoms with Gasteiger partial charge in [0.2, 0.25) is 0 Å². The van der Waals surface area contributed by atoms with E-state index in [1.165, 1.54) is 12.5 Å². The molecule has 0 spiro atoms. The van der Waals surface area contributed by atoms with Crippen LogP contribution in [0.4, 0.5) is 0 Å². The van der Waals surface area contributed by atoms with E-state index in [0.29, 0.717) is 12.5 Å². The normalized spacial score (nSPS) is 24.2. The highest BCUT2D eigenvalue weighted by atomic mass is 16.5. The Morgan fingerprint density at radius 1 is 1.79 bits per heavy atom. The molecular formula is C12H18O2. The van der Waals surface area contributed by atoms with Crippen LogP contribution < -0.4 is 0 Å². The molecule has 0 saturated carbocycles. The summed E-state index contributed by atoms with van der Waals surface area (Å²) in [5.41, 5.74) is 1.38. The highest BCUT2D eigenvalue weighted by Gasteiger charge is 2.30. The Balaban J connectivity index is 2.65. The monoisotopic (exact) mass is 194 g/mol. The van der Waals surface area contributed by atoms with Crippen LogP contribution in [0.2, 0.25) is 0 Å². The van der Waals surface area contributed by atoms with Gasteiger partial charge in [0, 0.05) is 12.8 Å². The van der Waals surface area contributed by atoms with Crippen molar-refractivity contribution in [2.45, 2.75) is 27.2 Å². The quantitative estimate of drug-likeness (QED) is 0.510. The Labute approximate surface area is 85.6 Å². The zero-order chi connectivity index (χ0) is 10.8. The van der Waals surface area contributed by atoms with E-state index in [1.807, 2.05) is 6.08 Å². The summed E-state index contributed by atoms with van der Waals surface area (Å²) in [5.74, 6) is 0.141. The topological polar surface area (TPSA) is 26.3 Å². The average molecular weight is 194 g/mol. The first-order valence-electron chi connectivity index (χ1n) is 4.92. The second kappa shape index (κ2) is 3.99. The van der Waals surface area contributed by atoms with E-state index < -0.39 is 0 Å². The Bertz CT molecular complexity index is 274. The smallest absolute Gasteiger partial charge is 0.302 e. The lowest BCUT2D eigenvalue weighted by Crippen LogP contribution is -2.07. The van der Waals surface area contributed by atoms with Crippen LogP contribution >= 0.6 is 0 Å². The summed E-state index contributed by atoms with van der Waals surface area (Å²) < 4.78 is 5.00. The molecule has 0 aromatic carbocycles. The number of carbonyl (C=O) groups excluding carboxylic acids is 1. The fourth-order valence-corrected chi connectivity index (χ4v) is 1.93. The molecule has 2 nitrogen and oxygen atoms in total. The lowest BCUT2D eigenvalue weighted by molar-refractivity contribution is -0.140. The maximum absolute atomic E-state index is 10.7. The minimum absolute atomic E-state index is 0.203. The van der Waals surface area contributed by atoms with Crippen LogP contribution in [-0.4, -0.2) is 12.6 Å². The number of hydrogen-bond acceptors (Lipinski definition) is 2. The van der Waals surface area contributed by atoms with Gasteiger partial charge in [-0.3, -0.25) is 4.79 Å². The van der Waals surface area contributed by atoms with Gasteiger partial charge in [-0.15, -0.1) is 6.58 Å². The van der Waals surface area contributed by atoms with E-state index >= 15 is 0 Å². The van der Waals surface area contributed by atoms with Crippen molar-refractivity contribution in [1.82, 2.24) is 0 Å². The molecule has 1 atom stereocenters. The fraction of sp³-hybridized carbons (Fsp3) is 0.583. The predicted octanol–water partition coefficient (Wildman–Crippen LogP) is 2.71. The largest absolute Gasteiger partial charge is 0.461 e. The van der Waals surface area contributed by atoms with Gasteiger partial charge < -0.3 is 4.74 Å². The number of esters is 1. The molecule has 0 heterocycles. The van der Waals surface area contributed by atoms with Gasteiger partial charge in [0.1, 0.15) is 6.61 Å². The van der Waals surface area contributed by atoms with Crippen molar-refractivity contribution in [3.8, 4) is 0 Å². The van der Waals surface area contributed by atoms with E-state index in [1.54, 1.807) is 0 Å². The van der Waals surface area contributed by atoms with Crippen molar-refractivity contribution in [3.05, 3.63) is 24.3 Å². The zero-order valence-corrected chi connectivity index (χ0v) is 9.17. The van der Waals surface area contributed by atoms with Gasteiger partial charge in [-0.05, 0) is 17.4 Å². The molecule has 0 amide bonds. The van der Waals surface area contributed by atoms with E-state index in [0.717, 1.165) is 6.42 Å². The Morgan fingerprint density at radius 2 is 2.43 bits per heavy atom. The van der Waals surface area contributed by atoms with Crippen LogP contribution in [0.15, 0.2) is 24.3 Å². The van der Waals surface area contributed by atoms with Crippen molar-refractivity contribution in [3.63, 3.8) is 0 Å². The van der Waals surface area contributed by atoms with Gasteiger partial charge in [-0.1, -0.05) is 26.0 Å². The summed E-state index contributed by atoms with van der Waals surface area (Å²) >= 11 is 0. The van der Waals surface area contributed by atoms with Crippen molar-refractivity contribution in [1.29, 1.82) is 0 Å². The molecule has 0 N–H and O–H groups in total. The van der Waals surface area contributed by atoms with Gasteiger partial charge in [-0.2, -0.15) is 0 Å². The van der Waals surface area contributed by atoms with E-state index in [2.05, 4.69) is 26.5 Å². The number of hydrogen-bond donors (Lipinski definition) is 0. The van der Waals surface area contributed by atoms with Crippen LogP contribution in [-0.2, 0) is 9.53 Å². The number of ether oxygens (including phenoxy) is 1.